The van der Waals surface area contributed by atoms with E-state index in [0.717, 1.165) is 5.69 Å². The number of aliphatic hydroxyl groups is 1. The summed E-state index contributed by atoms with van der Waals surface area (Å²) in [5.74, 6) is 0. The summed E-state index contributed by atoms with van der Waals surface area (Å²) in [4.78, 5) is 13.4. The Morgan fingerprint density at radius 1 is 1.74 bits per heavy atom. The summed E-state index contributed by atoms with van der Waals surface area (Å²) < 4.78 is 6.69. The van der Waals surface area contributed by atoms with Crippen LogP contribution < -0.4 is 0 Å². The number of β-amino-alcohol motifs (C(OH)–C–C–N with tert-alkyl or cyclic N) is 1. The van der Waals surface area contributed by atoms with Crippen LogP contribution in [-0.2, 0) is 18.2 Å². The molecule has 1 saturated heterocycles. The molecule has 0 saturated carbocycles. The normalized spacial score (nSPS) is 22.5. The molecule has 0 aromatic carbocycles. The average molecular weight is 266 g/mol. The first-order valence-electron chi connectivity index (χ1n) is 6.17. The quantitative estimate of drug-likeness (QED) is 0.783. The number of hydrogen-bond acceptors (Lipinski definition) is 5. The second-order valence-corrected chi connectivity index (χ2v) is 4.61. The molecule has 7 heteroatoms. The van der Waals surface area contributed by atoms with Crippen molar-refractivity contribution in [3.63, 3.8) is 0 Å². The molecule has 0 radical (unpaired) electrons. The minimum atomic E-state index is -0.512. The molecule has 1 amide bonds. The summed E-state index contributed by atoms with van der Waals surface area (Å²) in [5.41, 5.74) is 0.917. The van der Waals surface area contributed by atoms with Gasteiger partial charge >= 0.3 is 6.09 Å². The van der Waals surface area contributed by atoms with Crippen LogP contribution in [0.25, 0.3) is 0 Å². The van der Waals surface area contributed by atoms with Crippen LogP contribution in [0.15, 0.2) is 18.9 Å². The fourth-order valence-corrected chi connectivity index (χ4v) is 2.26. The van der Waals surface area contributed by atoms with Gasteiger partial charge in [-0.15, -0.1) is 5.10 Å². The summed E-state index contributed by atoms with van der Waals surface area (Å²) in [7, 11) is 1.80. The molecule has 1 aromatic rings. The van der Waals surface area contributed by atoms with E-state index in [2.05, 4.69) is 16.9 Å². The number of aryl methyl sites for hydroxylation is 1. The van der Waals surface area contributed by atoms with E-state index >= 15 is 0 Å². The Morgan fingerprint density at radius 2 is 2.53 bits per heavy atom. The first-order valence-corrected chi connectivity index (χ1v) is 6.17. The van der Waals surface area contributed by atoms with Crippen LogP contribution in [0, 0.1) is 0 Å². The highest BCUT2D eigenvalue weighted by Gasteiger charge is 2.35. The smallest absolute Gasteiger partial charge is 0.410 e. The van der Waals surface area contributed by atoms with Crippen molar-refractivity contribution in [2.45, 2.75) is 25.0 Å². The number of aliphatic hydroxyl groups excluding tert-OH is 1. The fourth-order valence-electron chi connectivity index (χ4n) is 2.26. The van der Waals surface area contributed by atoms with Crippen molar-refractivity contribution in [2.75, 3.05) is 13.2 Å². The van der Waals surface area contributed by atoms with Gasteiger partial charge in [0.25, 0.3) is 0 Å². The second-order valence-electron chi connectivity index (χ2n) is 4.61. The van der Waals surface area contributed by atoms with Crippen LogP contribution in [0.1, 0.15) is 12.1 Å². The molecule has 0 aliphatic carbocycles. The van der Waals surface area contributed by atoms with Crippen LogP contribution in [0.4, 0.5) is 4.79 Å². The number of ether oxygens (including phenoxy) is 1. The van der Waals surface area contributed by atoms with Crippen LogP contribution in [0.5, 0.6) is 0 Å². The molecular formula is C12H18N4O3. The van der Waals surface area contributed by atoms with Crippen LogP contribution in [0.2, 0.25) is 0 Å². The molecule has 0 bridgehead atoms. The highest BCUT2D eigenvalue weighted by atomic mass is 16.6. The zero-order valence-electron chi connectivity index (χ0n) is 10.9. The monoisotopic (exact) mass is 266 g/mol. The maximum atomic E-state index is 11.9. The lowest BCUT2D eigenvalue weighted by Gasteiger charge is -2.23. The van der Waals surface area contributed by atoms with Crippen molar-refractivity contribution in [3.8, 4) is 0 Å². The topological polar surface area (TPSA) is 80.5 Å². The first-order chi connectivity index (χ1) is 9.11. The van der Waals surface area contributed by atoms with Crippen LogP contribution >= 0.6 is 0 Å². The van der Waals surface area contributed by atoms with Gasteiger partial charge < -0.3 is 14.7 Å². The van der Waals surface area contributed by atoms with E-state index in [4.69, 9.17) is 4.74 Å². The highest BCUT2D eigenvalue weighted by molar-refractivity contribution is 5.68. The second kappa shape index (κ2) is 5.83. The van der Waals surface area contributed by atoms with Crippen molar-refractivity contribution in [3.05, 3.63) is 24.5 Å². The lowest BCUT2D eigenvalue weighted by atomic mass is 10.1. The summed E-state index contributed by atoms with van der Waals surface area (Å²) in [6.45, 7) is 3.97. The van der Waals surface area contributed by atoms with Crippen molar-refractivity contribution in [1.29, 1.82) is 0 Å². The van der Waals surface area contributed by atoms with E-state index in [1.165, 1.54) is 6.08 Å². The van der Waals surface area contributed by atoms with Gasteiger partial charge in [0.2, 0.25) is 0 Å². The largest absolute Gasteiger partial charge is 0.445 e. The Balaban J connectivity index is 2.03. The van der Waals surface area contributed by atoms with Gasteiger partial charge in [0, 0.05) is 19.5 Å². The molecule has 2 atom stereocenters. The third kappa shape index (κ3) is 3.11. The van der Waals surface area contributed by atoms with Gasteiger partial charge in [0.1, 0.15) is 6.61 Å². The van der Waals surface area contributed by atoms with Crippen molar-refractivity contribution < 1.29 is 14.6 Å². The number of aromatic nitrogens is 3. The number of rotatable bonds is 4. The lowest BCUT2D eigenvalue weighted by molar-refractivity contribution is 0.102. The lowest BCUT2D eigenvalue weighted by Crippen LogP contribution is -2.38. The van der Waals surface area contributed by atoms with Crippen LogP contribution in [0.3, 0.4) is 0 Å². The molecule has 0 spiro atoms. The predicted octanol–water partition coefficient (Wildman–Crippen LogP) is 0.115. The molecule has 1 N–H and O–H groups in total. The molecule has 19 heavy (non-hydrogen) atoms. The molecule has 2 heterocycles. The molecule has 1 aromatic heterocycles. The van der Waals surface area contributed by atoms with Gasteiger partial charge in [-0.2, -0.15) is 0 Å². The maximum Gasteiger partial charge on any atom is 0.410 e. The van der Waals surface area contributed by atoms with E-state index in [-0.39, 0.29) is 12.6 Å². The maximum absolute atomic E-state index is 11.9. The summed E-state index contributed by atoms with van der Waals surface area (Å²) in [6, 6.07) is -0.0930. The molecular weight excluding hydrogens is 248 g/mol. The minimum absolute atomic E-state index is 0.0930. The van der Waals surface area contributed by atoms with E-state index in [1.807, 2.05) is 0 Å². The highest BCUT2D eigenvalue weighted by Crippen LogP contribution is 2.22. The van der Waals surface area contributed by atoms with Gasteiger partial charge in [0.15, 0.2) is 0 Å². The summed E-state index contributed by atoms with van der Waals surface area (Å²) in [6.07, 6.45) is 3.39. The number of carbonyl (C=O) groups is 1. The Hall–Kier alpha value is -1.89. The number of carbonyl (C=O) groups excluding carboxylic acids is 1. The van der Waals surface area contributed by atoms with Gasteiger partial charge in [-0.25, -0.2) is 4.79 Å². The number of likely N-dealkylation sites (tertiary alicyclic amines) is 1. The standard InChI is InChI=1S/C12H18N4O3/c1-3-4-19-12(18)16-8-11(17)6-9(16)5-10-7-13-14-15(10)2/h3,7,9,11,17H,1,4-6,8H2,2H3/t9-,11-/m1/s1. The van der Waals surface area contributed by atoms with Gasteiger partial charge in [0.05, 0.1) is 24.5 Å². The Labute approximate surface area is 111 Å². The zero-order chi connectivity index (χ0) is 13.8. The third-order valence-corrected chi connectivity index (χ3v) is 3.20. The molecule has 104 valence electrons. The number of hydrogen-bond donors (Lipinski definition) is 1. The number of nitrogens with zero attached hydrogens (tertiary/aromatic N) is 4. The Kier molecular flexibility index (Phi) is 4.16. The van der Waals surface area contributed by atoms with E-state index in [0.29, 0.717) is 19.4 Å². The van der Waals surface area contributed by atoms with E-state index in [1.54, 1.807) is 22.8 Å². The zero-order valence-corrected chi connectivity index (χ0v) is 10.9. The molecule has 1 aliphatic rings. The average Bonchev–Trinajstić information content (AvgIpc) is 2.94. The van der Waals surface area contributed by atoms with E-state index in [9.17, 15) is 9.90 Å². The van der Waals surface area contributed by atoms with E-state index < -0.39 is 12.2 Å². The molecule has 2 rings (SSSR count). The van der Waals surface area contributed by atoms with Crippen molar-refractivity contribution in [1.82, 2.24) is 19.9 Å². The third-order valence-electron chi connectivity index (χ3n) is 3.20. The minimum Gasteiger partial charge on any atom is -0.445 e. The molecule has 7 nitrogen and oxygen atoms in total. The SMILES string of the molecule is C=CCOC(=O)N1C[C@H](O)C[C@H]1Cc1cnnn1C. The van der Waals surface area contributed by atoms with Crippen LogP contribution in [-0.4, -0.2) is 56.4 Å². The van der Waals surface area contributed by atoms with Crippen molar-refractivity contribution >= 4 is 6.09 Å². The van der Waals surface area contributed by atoms with Gasteiger partial charge in [-0.05, 0) is 6.42 Å². The molecule has 1 fully saturated rings. The van der Waals surface area contributed by atoms with Crippen molar-refractivity contribution in [2.24, 2.45) is 7.05 Å². The molecule has 0 unspecified atom stereocenters. The summed E-state index contributed by atoms with van der Waals surface area (Å²) in [5, 5.41) is 17.4. The van der Waals surface area contributed by atoms with Gasteiger partial charge in [-0.3, -0.25) is 4.68 Å². The first kappa shape index (κ1) is 13.5. The summed E-state index contributed by atoms with van der Waals surface area (Å²) >= 11 is 0. The Morgan fingerprint density at radius 3 is 3.16 bits per heavy atom. The fraction of sp³-hybridized carbons (Fsp3) is 0.583. The Bertz CT molecular complexity index is 460. The molecule has 1 aliphatic heterocycles. The number of amides is 1. The predicted molar refractivity (Wildman–Crippen MR) is 67.4 cm³/mol. The van der Waals surface area contributed by atoms with Gasteiger partial charge in [-0.1, -0.05) is 17.9 Å².